The van der Waals surface area contributed by atoms with Crippen LogP contribution in [0.25, 0.3) is 0 Å². The summed E-state index contributed by atoms with van der Waals surface area (Å²) in [6.45, 7) is 12.2. The molecule has 0 aromatic heterocycles. The van der Waals surface area contributed by atoms with Gasteiger partial charge in [-0.25, -0.2) is 0 Å². The predicted molar refractivity (Wildman–Crippen MR) is 86.0 cm³/mol. The van der Waals surface area contributed by atoms with Crippen molar-refractivity contribution < 1.29 is 0 Å². The second-order valence-electron chi connectivity index (χ2n) is 3.52. The minimum atomic E-state index is -0.750. The van der Waals surface area contributed by atoms with E-state index in [4.69, 9.17) is 34.8 Å². The normalized spacial score (nSPS) is 9.39. The number of hydrogen-bond donors (Lipinski definition) is 0. The molecule has 0 atom stereocenters. The van der Waals surface area contributed by atoms with Gasteiger partial charge in [0.2, 0.25) is 0 Å². The maximum atomic E-state index is 4.81. The predicted octanol–water partition coefficient (Wildman–Crippen LogP) is 5.33. The van der Waals surface area contributed by atoms with Crippen LogP contribution in [0.2, 0.25) is 0 Å². The molecule has 0 saturated carbocycles. The average molecular weight is 313 g/mol. The molecule has 0 aliphatic rings. The highest BCUT2D eigenvalue weighted by molar-refractivity contribution is 6.63. The van der Waals surface area contributed by atoms with Gasteiger partial charge in [-0.3, -0.25) is 0 Å². The maximum Gasteiger partial charge on any atom is 0.180 e. The number of nitrogens with zero attached hydrogens (tertiary/aromatic N) is 1. The second kappa shape index (κ2) is 15.1. The molecule has 0 N–H and O–H groups in total. The molecule has 106 valence electrons. The molecular formula is C14H24Cl3N. The first-order valence-electron chi connectivity index (χ1n) is 6.14. The Kier molecular flexibility index (Phi) is 17.1. The molecule has 18 heavy (non-hydrogen) atoms. The summed E-state index contributed by atoms with van der Waals surface area (Å²) >= 11 is 14.4. The van der Waals surface area contributed by atoms with Crippen LogP contribution in [-0.4, -0.2) is 28.8 Å². The van der Waals surface area contributed by atoms with Gasteiger partial charge in [0.15, 0.2) is 4.30 Å². The van der Waals surface area contributed by atoms with Gasteiger partial charge < -0.3 is 4.90 Å². The molecule has 1 rings (SSSR count). The van der Waals surface area contributed by atoms with Gasteiger partial charge in [0, 0.05) is 0 Å². The summed E-state index contributed by atoms with van der Waals surface area (Å²) in [6, 6.07) is 10.3. The largest absolute Gasteiger partial charge is 0.304 e. The molecule has 0 aliphatic heterocycles. The van der Waals surface area contributed by atoms with Crippen LogP contribution in [0, 0.1) is 6.92 Å². The van der Waals surface area contributed by atoms with Crippen molar-refractivity contribution in [2.75, 3.05) is 19.6 Å². The van der Waals surface area contributed by atoms with Crippen molar-refractivity contribution in [2.45, 2.75) is 32.0 Å². The van der Waals surface area contributed by atoms with Crippen molar-refractivity contribution in [3.05, 3.63) is 35.9 Å². The van der Waals surface area contributed by atoms with Gasteiger partial charge in [-0.15, -0.1) is 0 Å². The molecule has 0 saturated heterocycles. The van der Waals surface area contributed by atoms with Crippen molar-refractivity contribution >= 4 is 34.8 Å². The van der Waals surface area contributed by atoms with Gasteiger partial charge in [-0.1, -0.05) is 91.5 Å². The van der Waals surface area contributed by atoms with E-state index >= 15 is 0 Å². The highest BCUT2D eigenvalue weighted by Crippen LogP contribution is 2.03. The van der Waals surface area contributed by atoms with E-state index in [2.05, 4.69) is 44.7 Å². The van der Waals surface area contributed by atoms with Crippen molar-refractivity contribution in [3.63, 3.8) is 0 Å². The molecule has 1 nitrogen and oxygen atoms in total. The zero-order valence-electron chi connectivity index (χ0n) is 11.7. The van der Waals surface area contributed by atoms with Gasteiger partial charge in [0.05, 0.1) is 0 Å². The topological polar surface area (TPSA) is 3.24 Å². The van der Waals surface area contributed by atoms with E-state index in [1.54, 1.807) is 0 Å². The van der Waals surface area contributed by atoms with Crippen molar-refractivity contribution in [1.29, 1.82) is 0 Å². The van der Waals surface area contributed by atoms with Gasteiger partial charge in [0.25, 0.3) is 0 Å². The smallest absolute Gasteiger partial charge is 0.180 e. The molecule has 0 aliphatic carbocycles. The molecule has 1 aromatic rings. The number of halogens is 3. The third kappa shape index (κ3) is 18.4. The van der Waals surface area contributed by atoms with Crippen LogP contribution in [0.4, 0.5) is 0 Å². The molecule has 0 bridgehead atoms. The molecule has 1 aromatic carbocycles. The molecule has 0 radical (unpaired) electrons. The quantitative estimate of drug-likeness (QED) is 0.682. The Morgan fingerprint density at radius 1 is 0.889 bits per heavy atom. The Morgan fingerprint density at radius 3 is 1.33 bits per heavy atom. The van der Waals surface area contributed by atoms with Crippen molar-refractivity contribution in [3.8, 4) is 0 Å². The summed E-state index contributed by atoms with van der Waals surface area (Å²) in [5.74, 6) is 0. The lowest BCUT2D eigenvalue weighted by molar-refractivity contribution is 0.321. The van der Waals surface area contributed by atoms with E-state index in [1.807, 2.05) is 18.2 Å². The lowest BCUT2D eigenvalue weighted by Gasteiger charge is -2.13. The fraction of sp³-hybridized carbons (Fsp3) is 0.571. The zero-order chi connectivity index (χ0) is 14.4. The molecule has 4 heteroatoms. The molecular weight excluding hydrogens is 289 g/mol. The summed E-state index contributed by atoms with van der Waals surface area (Å²) in [5.41, 5.74) is 1.32. The van der Waals surface area contributed by atoms with Gasteiger partial charge >= 0.3 is 0 Å². The Hall–Kier alpha value is 0.0500. The first-order valence-corrected chi connectivity index (χ1v) is 7.44. The van der Waals surface area contributed by atoms with Crippen molar-refractivity contribution in [2.24, 2.45) is 0 Å². The summed E-state index contributed by atoms with van der Waals surface area (Å²) in [5, 5.41) is 0. The van der Waals surface area contributed by atoms with Crippen LogP contribution < -0.4 is 0 Å². The summed E-state index contributed by atoms with van der Waals surface area (Å²) in [7, 11) is 0. The fourth-order valence-corrected chi connectivity index (χ4v) is 1.21. The Labute approximate surface area is 127 Å². The summed E-state index contributed by atoms with van der Waals surface area (Å²) < 4.78 is -0.750. The second-order valence-corrected chi connectivity index (χ2v) is 5.50. The van der Waals surface area contributed by atoms with E-state index in [9.17, 15) is 0 Å². The van der Waals surface area contributed by atoms with Crippen LogP contribution in [-0.2, 0) is 0 Å². The molecule has 0 spiro atoms. The minimum Gasteiger partial charge on any atom is -0.304 e. The van der Waals surface area contributed by atoms with Gasteiger partial charge in [-0.2, -0.15) is 0 Å². The van der Waals surface area contributed by atoms with Gasteiger partial charge in [0.1, 0.15) is 0 Å². The first-order chi connectivity index (χ1) is 8.47. The number of alkyl halides is 3. The standard InChI is InChI=1S/C7H8.C6H15N.CHCl3/c1-7-5-3-2-4-6-7;1-4-7(5-2)6-3;2-1(3)4/h2-6H,1H3;4-6H2,1-3H3;1H. The van der Waals surface area contributed by atoms with E-state index in [-0.39, 0.29) is 0 Å². The highest BCUT2D eigenvalue weighted by atomic mass is 35.6. The number of benzene rings is 1. The van der Waals surface area contributed by atoms with E-state index < -0.39 is 4.30 Å². The third-order valence-electron chi connectivity index (χ3n) is 2.28. The van der Waals surface area contributed by atoms with E-state index in [0.29, 0.717) is 0 Å². The highest BCUT2D eigenvalue weighted by Gasteiger charge is 1.89. The molecule has 0 amide bonds. The zero-order valence-corrected chi connectivity index (χ0v) is 13.9. The third-order valence-corrected chi connectivity index (χ3v) is 2.28. The Balaban J connectivity index is 0. The van der Waals surface area contributed by atoms with Crippen LogP contribution >= 0.6 is 34.8 Å². The van der Waals surface area contributed by atoms with Crippen LogP contribution in [0.1, 0.15) is 26.3 Å². The van der Waals surface area contributed by atoms with E-state index in [1.165, 1.54) is 25.2 Å². The van der Waals surface area contributed by atoms with Crippen LogP contribution in [0.15, 0.2) is 30.3 Å². The fourth-order valence-electron chi connectivity index (χ4n) is 1.21. The lowest BCUT2D eigenvalue weighted by Crippen LogP contribution is -2.21. The monoisotopic (exact) mass is 311 g/mol. The molecule has 0 unspecified atom stereocenters. The summed E-state index contributed by atoms with van der Waals surface area (Å²) in [4.78, 5) is 2.38. The Bertz CT molecular complexity index is 240. The van der Waals surface area contributed by atoms with Gasteiger partial charge in [-0.05, 0) is 26.6 Å². The van der Waals surface area contributed by atoms with E-state index in [0.717, 1.165) is 0 Å². The number of rotatable bonds is 3. The first kappa shape index (κ1) is 20.4. The number of aryl methyl sites for hydroxylation is 1. The molecule has 0 heterocycles. The maximum absolute atomic E-state index is 4.81. The number of hydrogen-bond acceptors (Lipinski definition) is 1. The lowest BCUT2D eigenvalue weighted by atomic mass is 10.2. The summed E-state index contributed by atoms with van der Waals surface area (Å²) in [6.07, 6.45) is 0. The minimum absolute atomic E-state index is 0.750. The SMILES string of the molecule is CCN(CC)CC.Cc1ccccc1.ClC(Cl)Cl. The molecule has 0 fully saturated rings. The van der Waals surface area contributed by atoms with Crippen LogP contribution in [0.5, 0.6) is 0 Å². The van der Waals surface area contributed by atoms with Crippen LogP contribution in [0.3, 0.4) is 0 Å². The van der Waals surface area contributed by atoms with Crippen molar-refractivity contribution in [1.82, 2.24) is 4.90 Å². The Morgan fingerprint density at radius 2 is 1.22 bits per heavy atom. The average Bonchev–Trinajstić information content (AvgIpc) is 2.32.